The maximum atomic E-state index is 2.34. The lowest BCUT2D eigenvalue weighted by molar-refractivity contribution is 2.37. The molecule has 1 radical (unpaired) electrons. The Bertz CT molecular complexity index is 21.6. The molecule has 0 aromatic carbocycles. The Kier molecular flexibility index (Phi) is 4.97. The van der Waals surface area contributed by atoms with Gasteiger partial charge < -0.3 is 0 Å². The van der Waals surface area contributed by atoms with Crippen LogP contribution in [0.25, 0.3) is 0 Å². The highest BCUT2D eigenvalue weighted by atomic mass is 127. The van der Waals surface area contributed by atoms with Crippen LogP contribution >= 0.6 is 44.7 Å². The third-order valence-corrected chi connectivity index (χ3v) is 1.69. The van der Waals surface area contributed by atoms with Crippen LogP contribution in [-0.4, -0.2) is 9.49 Å². The first kappa shape index (κ1) is 6.59. The predicted molar refractivity (Wildman–Crippen MR) is 45.4 cm³/mol. The van der Waals surface area contributed by atoms with Gasteiger partial charge in [0.15, 0.2) is 0 Å². The van der Waals surface area contributed by atoms with Crippen LogP contribution in [0.5, 0.6) is 0 Å². The maximum absolute atomic E-state index is 2.34. The van der Waals surface area contributed by atoms with E-state index in [1.54, 1.807) is 0 Å². The predicted octanol–water partition coefficient (Wildman–Crippen LogP) is 1.59. The van der Waals surface area contributed by atoms with E-state index in [1.165, 1.54) is 0 Å². The van der Waals surface area contributed by atoms with Crippen LogP contribution in [0.15, 0.2) is 0 Å². The van der Waals surface area contributed by atoms with Crippen molar-refractivity contribution in [1.82, 2.24) is 0 Å². The van der Waals surface area contributed by atoms with Gasteiger partial charge in [-0.15, -0.1) is 44.7 Å². The third kappa shape index (κ3) is 5.59. The van der Waals surface area contributed by atoms with E-state index < -0.39 is 0 Å². The molecule has 0 spiro atoms. The first-order valence-electron chi connectivity index (χ1n) is 1.35. The highest BCUT2D eigenvalue weighted by Gasteiger charge is 1.95. The fourth-order valence-corrected chi connectivity index (χ4v) is 0. The van der Waals surface area contributed by atoms with Crippen LogP contribution in [0.2, 0.25) is 6.82 Å². The second kappa shape index (κ2) is 3.77. The summed E-state index contributed by atoms with van der Waals surface area (Å²) in [6.45, 7) is 2.06. The topological polar surface area (TPSA) is 0 Å². The zero-order chi connectivity index (χ0) is 4.28. The van der Waals surface area contributed by atoms with Gasteiger partial charge >= 0.3 is 0 Å². The summed E-state index contributed by atoms with van der Waals surface area (Å²) in [5.74, 6) is 0. The van der Waals surface area contributed by atoms with E-state index in [0.717, 1.165) is 0 Å². The van der Waals surface area contributed by atoms with Crippen molar-refractivity contribution in [3.05, 3.63) is 0 Å². The van der Waals surface area contributed by atoms with Gasteiger partial charge in [0, 0.05) is 0 Å². The third-order valence-electron chi connectivity index (χ3n) is 0.252. The van der Waals surface area contributed by atoms with Crippen molar-refractivity contribution in [1.29, 1.82) is 0 Å². The number of halogens is 2. The summed E-state index contributed by atoms with van der Waals surface area (Å²) >= 11 is 4.68. The molecule has 4 heteroatoms. The minimum Gasteiger partial charge on any atom is -0.145 e. The molecule has 0 saturated heterocycles. The zero-order valence-corrected chi connectivity index (χ0v) is 7.23. The second-order valence-corrected chi connectivity index (χ2v) is 5.74. The standard InChI is InChI=1S/CH3B2I2/c1-2-3(4)5/h1H3. The molecule has 0 aromatic rings. The molecule has 0 aromatic heterocycles. The fraction of sp³-hybridized carbons (Fsp3) is 1.00. The summed E-state index contributed by atoms with van der Waals surface area (Å²) in [5.41, 5.74) is 0. The van der Waals surface area contributed by atoms with Crippen LogP contribution < -0.4 is 0 Å². The van der Waals surface area contributed by atoms with Gasteiger partial charge in [-0.2, -0.15) is 0 Å². The Hall–Kier alpha value is 1.59. The monoisotopic (exact) mass is 291 g/mol. The average molecular weight is 290 g/mol. The Morgan fingerprint density at radius 1 is 1.60 bits per heavy atom. The van der Waals surface area contributed by atoms with Crippen molar-refractivity contribution in [2.24, 2.45) is 0 Å². The minimum absolute atomic E-state index is 0.699. The van der Waals surface area contributed by atoms with E-state index in [9.17, 15) is 0 Å². The summed E-state index contributed by atoms with van der Waals surface area (Å²) in [6.07, 6.45) is 0. The molecule has 0 fully saturated rings. The lowest BCUT2D eigenvalue weighted by Gasteiger charge is -1.77. The molecular formula is CH3B2I2. The Morgan fingerprint density at radius 3 is 1.80 bits per heavy atom. The second-order valence-electron chi connectivity index (χ2n) is 0.668. The van der Waals surface area contributed by atoms with Crippen molar-refractivity contribution in [2.75, 3.05) is 0 Å². The SMILES string of the molecule is C[B]B(I)I. The van der Waals surface area contributed by atoms with Gasteiger partial charge in [-0.3, -0.25) is 0 Å². The molecule has 0 nitrogen and oxygen atoms in total. The van der Waals surface area contributed by atoms with Crippen LogP contribution in [0.4, 0.5) is 0 Å². The molecule has 0 unspecified atom stereocenters. The molecule has 0 saturated carbocycles. The largest absolute Gasteiger partial charge is 0.247 e. The normalized spacial score (nSPS) is 7.00. The highest BCUT2D eigenvalue weighted by molar-refractivity contribution is 14.3. The maximum Gasteiger partial charge on any atom is 0.247 e. The van der Waals surface area contributed by atoms with E-state index in [-0.39, 0.29) is 0 Å². The molecule has 0 aliphatic rings. The van der Waals surface area contributed by atoms with Crippen molar-refractivity contribution in [2.45, 2.75) is 6.82 Å². The molecule has 0 bridgehead atoms. The summed E-state index contributed by atoms with van der Waals surface area (Å²) in [7, 11) is 2.14. The molecule has 0 aliphatic heterocycles. The van der Waals surface area contributed by atoms with E-state index in [1.807, 2.05) is 0 Å². The van der Waals surface area contributed by atoms with E-state index >= 15 is 0 Å². The first-order chi connectivity index (χ1) is 2.27. The van der Waals surface area contributed by atoms with Gasteiger partial charge in [0.25, 0.3) is 0 Å². The first-order valence-corrected chi connectivity index (χ1v) is 3.84. The van der Waals surface area contributed by atoms with Crippen LogP contribution in [-0.2, 0) is 0 Å². The molecule has 0 amide bonds. The van der Waals surface area contributed by atoms with Crippen molar-refractivity contribution in [3.63, 3.8) is 0 Å². The van der Waals surface area contributed by atoms with Crippen molar-refractivity contribution >= 4 is 54.2 Å². The summed E-state index contributed by atoms with van der Waals surface area (Å²) in [5, 5.41) is 0. The van der Waals surface area contributed by atoms with Gasteiger partial charge in [0.2, 0.25) is 2.32 Å². The van der Waals surface area contributed by atoms with Gasteiger partial charge in [-0.1, -0.05) is 6.82 Å². The zero-order valence-electron chi connectivity index (χ0n) is 2.91. The molecule has 0 aliphatic carbocycles. The summed E-state index contributed by atoms with van der Waals surface area (Å²) in [4.78, 5) is 0. The lowest BCUT2D eigenvalue weighted by atomic mass is 9.58. The van der Waals surface area contributed by atoms with Gasteiger partial charge in [0.1, 0.15) is 7.17 Å². The molecule has 5 heavy (non-hydrogen) atoms. The molecule has 0 rings (SSSR count). The van der Waals surface area contributed by atoms with Crippen molar-refractivity contribution in [3.8, 4) is 0 Å². The molecule has 0 heterocycles. The van der Waals surface area contributed by atoms with Gasteiger partial charge in [-0.05, 0) is 0 Å². The lowest BCUT2D eigenvalue weighted by Crippen LogP contribution is -1.97. The summed E-state index contributed by atoms with van der Waals surface area (Å²) in [6, 6.07) is 0. The van der Waals surface area contributed by atoms with Crippen LogP contribution in [0.1, 0.15) is 0 Å². The van der Waals surface area contributed by atoms with Crippen molar-refractivity contribution < 1.29 is 0 Å². The van der Waals surface area contributed by atoms with E-state index in [4.69, 9.17) is 0 Å². The quantitative estimate of drug-likeness (QED) is 0.508. The van der Waals surface area contributed by atoms with Crippen LogP contribution in [0.3, 0.4) is 0 Å². The average Bonchev–Trinajstić information content (AvgIpc) is 1.38. The highest BCUT2D eigenvalue weighted by Crippen LogP contribution is 1.99. The van der Waals surface area contributed by atoms with Gasteiger partial charge in [-0.25, -0.2) is 0 Å². The summed E-state index contributed by atoms with van der Waals surface area (Å²) < 4.78 is 0.699. The van der Waals surface area contributed by atoms with E-state index in [2.05, 4.69) is 58.7 Å². The molecule has 27 valence electrons. The molecule has 0 N–H and O–H groups in total. The van der Waals surface area contributed by atoms with Crippen LogP contribution in [0, 0.1) is 0 Å². The Labute approximate surface area is 60.5 Å². The number of rotatable bonds is 1. The number of hydrogen-bond donors (Lipinski definition) is 0. The van der Waals surface area contributed by atoms with Gasteiger partial charge in [0.05, 0.1) is 0 Å². The fourth-order valence-electron chi connectivity index (χ4n) is 0. The molecular weight excluding hydrogens is 287 g/mol. The Morgan fingerprint density at radius 2 is 1.80 bits per heavy atom. The smallest absolute Gasteiger partial charge is 0.145 e. The van der Waals surface area contributed by atoms with E-state index in [0.29, 0.717) is 2.32 Å². The number of hydrogen-bond acceptors (Lipinski definition) is 0. The Balaban J connectivity index is 2.54. The minimum atomic E-state index is 0.699. The molecule has 0 atom stereocenters.